The van der Waals surface area contributed by atoms with Gasteiger partial charge in [-0.2, -0.15) is 0 Å². The van der Waals surface area contributed by atoms with E-state index in [0.29, 0.717) is 0 Å². The van der Waals surface area contributed by atoms with Crippen molar-refractivity contribution < 1.29 is 4.42 Å². The van der Waals surface area contributed by atoms with Gasteiger partial charge in [-0.3, -0.25) is 0 Å². The van der Waals surface area contributed by atoms with Crippen LogP contribution in [-0.2, 0) is 0 Å². The van der Waals surface area contributed by atoms with Gasteiger partial charge in [0.15, 0.2) is 0 Å². The molecule has 0 aliphatic heterocycles. The van der Waals surface area contributed by atoms with E-state index in [2.05, 4.69) is 170 Å². The maximum absolute atomic E-state index is 6.98. The standard InChI is InChI=1S/C52H28O/c1-2-6-36-28-46-45(26-35(36)5-1)51-40-21-19-37(39-20-15-33-13-11-29-7-3-9-31-17-23-42(39)49(33)47(29)31)25-38(40)27-44(52(51)53-46)41-22-16-34-14-12-30-8-4-10-32-18-24-43(41)50(34)48(30)32/h1-28H. The van der Waals surface area contributed by atoms with E-state index in [0.717, 1.165) is 22.1 Å². The van der Waals surface area contributed by atoms with Crippen molar-refractivity contribution in [1.29, 1.82) is 0 Å². The van der Waals surface area contributed by atoms with Gasteiger partial charge in [-0.25, -0.2) is 0 Å². The molecule has 0 bridgehead atoms. The van der Waals surface area contributed by atoms with E-state index in [1.807, 2.05) is 0 Å². The topological polar surface area (TPSA) is 13.1 Å². The van der Waals surface area contributed by atoms with Gasteiger partial charge in [-0.15, -0.1) is 0 Å². The summed E-state index contributed by atoms with van der Waals surface area (Å²) in [6.45, 7) is 0. The number of furan rings is 1. The Hall–Kier alpha value is -6.96. The monoisotopic (exact) mass is 668 g/mol. The highest BCUT2D eigenvalue weighted by Crippen LogP contribution is 2.47. The van der Waals surface area contributed by atoms with Crippen LogP contribution in [0.1, 0.15) is 0 Å². The third kappa shape index (κ3) is 3.66. The Morgan fingerprint density at radius 1 is 0.264 bits per heavy atom. The number of rotatable bonds is 2. The van der Waals surface area contributed by atoms with Gasteiger partial charge in [0.2, 0.25) is 0 Å². The molecular formula is C52H28O. The highest BCUT2D eigenvalue weighted by atomic mass is 16.3. The van der Waals surface area contributed by atoms with E-state index in [9.17, 15) is 0 Å². The fourth-order valence-electron chi connectivity index (χ4n) is 9.70. The molecule has 13 aromatic rings. The van der Waals surface area contributed by atoms with Crippen LogP contribution >= 0.6 is 0 Å². The fourth-order valence-corrected chi connectivity index (χ4v) is 9.70. The Bertz CT molecular complexity index is 3640. The lowest BCUT2D eigenvalue weighted by molar-refractivity contribution is 0.671. The molecule has 0 unspecified atom stereocenters. The third-order valence-electron chi connectivity index (χ3n) is 12.1. The Morgan fingerprint density at radius 3 is 1.43 bits per heavy atom. The van der Waals surface area contributed by atoms with Crippen LogP contribution in [0.25, 0.3) is 130 Å². The summed E-state index contributed by atoms with van der Waals surface area (Å²) in [7, 11) is 0. The summed E-state index contributed by atoms with van der Waals surface area (Å²) >= 11 is 0. The second-order valence-electron chi connectivity index (χ2n) is 14.8. The van der Waals surface area contributed by atoms with E-state index in [-0.39, 0.29) is 0 Å². The van der Waals surface area contributed by atoms with Crippen LogP contribution in [-0.4, -0.2) is 0 Å². The number of hydrogen-bond acceptors (Lipinski definition) is 1. The molecule has 13 rings (SSSR count). The highest BCUT2D eigenvalue weighted by molar-refractivity contribution is 6.30. The van der Waals surface area contributed by atoms with Gasteiger partial charge in [0, 0.05) is 16.3 Å². The average Bonchev–Trinajstić information content (AvgIpc) is 3.59. The molecule has 53 heavy (non-hydrogen) atoms. The molecule has 1 nitrogen and oxygen atoms in total. The van der Waals surface area contributed by atoms with Crippen molar-refractivity contribution >= 4 is 108 Å². The van der Waals surface area contributed by atoms with E-state index in [1.165, 1.54) is 108 Å². The van der Waals surface area contributed by atoms with Crippen molar-refractivity contribution in [2.75, 3.05) is 0 Å². The van der Waals surface area contributed by atoms with Crippen molar-refractivity contribution in [2.45, 2.75) is 0 Å². The maximum atomic E-state index is 6.98. The first-order valence-electron chi connectivity index (χ1n) is 18.4. The third-order valence-corrected chi connectivity index (χ3v) is 12.1. The number of hydrogen-bond donors (Lipinski definition) is 0. The molecule has 0 amide bonds. The van der Waals surface area contributed by atoms with E-state index in [4.69, 9.17) is 4.42 Å². The summed E-state index contributed by atoms with van der Waals surface area (Å²) in [4.78, 5) is 0. The molecule has 0 radical (unpaired) electrons. The Labute approximate surface area is 303 Å². The van der Waals surface area contributed by atoms with Gasteiger partial charge < -0.3 is 4.42 Å². The second kappa shape index (κ2) is 9.88. The van der Waals surface area contributed by atoms with Gasteiger partial charge in [0.25, 0.3) is 0 Å². The molecule has 0 aliphatic rings. The molecule has 1 heterocycles. The van der Waals surface area contributed by atoms with Gasteiger partial charge in [0.05, 0.1) is 0 Å². The van der Waals surface area contributed by atoms with Crippen molar-refractivity contribution in [1.82, 2.24) is 0 Å². The SMILES string of the molecule is c1ccc2cc3c(cc2c1)oc1c(-c2ccc4ccc5cccc6ccc2c4c56)cc2cc(-c4ccc5ccc6cccc7ccc4c5c67)ccc2c13. The molecule has 0 aliphatic carbocycles. The summed E-state index contributed by atoms with van der Waals surface area (Å²) in [5.74, 6) is 0. The van der Waals surface area contributed by atoms with Gasteiger partial charge >= 0.3 is 0 Å². The first-order chi connectivity index (χ1) is 26.2. The molecule has 1 aromatic heterocycles. The van der Waals surface area contributed by atoms with Crippen LogP contribution in [0.2, 0.25) is 0 Å². The number of fused-ring (bicyclic) bond motifs is 6. The van der Waals surface area contributed by atoms with Gasteiger partial charge in [-0.05, 0) is 127 Å². The summed E-state index contributed by atoms with van der Waals surface area (Å²) < 4.78 is 6.98. The largest absolute Gasteiger partial charge is 0.455 e. The fraction of sp³-hybridized carbons (Fsp3) is 0. The minimum atomic E-state index is 0.918. The van der Waals surface area contributed by atoms with E-state index >= 15 is 0 Å². The first-order valence-corrected chi connectivity index (χ1v) is 18.4. The molecule has 0 saturated heterocycles. The lowest BCUT2D eigenvalue weighted by Gasteiger charge is -2.16. The normalized spacial score (nSPS) is 12.5. The molecule has 0 N–H and O–H groups in total. The zero-order valence-electron chi connectivity index (χ0n) is 28.6. The van der Waals surface area contributed by atoms with Crippen molar-refractivity contribution in [3.05, 3.63) is 170 Å². The van der Waals surface area contributed by atoms with Gasteiger partial charge in [0.1, 0.15) is 11.2 Å². The van der Waals surface area contributed by atoms with Crippen molar-refractivity contribution in [3.8, 4) is 22.3 Å². The van der Waals surface area contributed by atoms with Crippen LogP contribution in [0, 0.1) is 0 Å². The Balaban J connectivity index is 1.15. The molecular weight excluding hydrogens is 641 g/mol. The molecule has 0 atom stereocenters. The average molecular weight is 669 g/mol. The summed E-state index contributed by atoms with van der Waals surface area (Å²) in [6.07, 6.45) is 0. The summed E-state index contributed by atoms with van der Waals surface area (Å²) in [5.41, 5.74) is 6.64. The highest BCUT2D eigenvalue weighted by Gasteiger charge is 2.21. The predicted molar refractivity (Wildman–Crippen MR) is 227 cm³/mol. The maximum Gasteiger partial charge on any atom is 0.143 e. The Morgan fingerprint density at radius 2 is 0.774 bits per heavy atom. The minimum Gasteiger partial charge on any atom is -0.455 e. The smallest absolute Gasteiger partial charge is 0.143 e. The van der Waals surface area contributed by atoms with Crippen LogP contribution in [0.5, 0.6) is 0 Å². The van der Waals surface area contributed by atoms with Crippen LogP contribution < -0.4 is 0 Å². The first kappa shape index (κ1) is 27.7. The molecule has 242 valence electrons. The minimum absolute atomic E-state index is 0.918. The lowest BCUT2D eigenvalue weighted by atomic mass is 9.87. The zero-order chi connectivity index (χ0) is 34.4. The molecule has 0 spiro atoms. The van der Waals surface area contributed by atoms with Crippen LogP contribution in [0.3, 0.4) is 0 Å². The van der Waals surface area contributed by atoms with Gasteiger partial charge in [-0.1, -0.05) is 146 Å². The summed E-state index contributed by atoms with van der Waals surface area (Å²) in [6, 6.07) is 63.2. The molecule has 0 saturated carbocycles. The molecule has 12 aromatic carbocycles. The van der Waals surface area contributed by atoms with Crippen molar-refractivity contribution in [2.24, 2.45) is 0 Å². The zero-order valence-corrected chi connectivity index (χ0v) is 28.6. The number of benzene rings is 12. The van der Waals surface area contributed by atoms with Crippen LogP contribution in [0.15, 0.2) is 174 Å². The predicted octanol–water partition coefficient (Wildman–Crippen LogP) is 15.0. The van der Waals surface area contributed by atoms with Crippen LogP contribution in [0.4, 0.5) is 0 Å². The molecule has 0 fully saturated rings. The Kier molecular flexibility index (Phi) is 5.17. The second-order valence-corrected chi connectivity index (χ2v) is 14.8. The lowest BCUT2D eigenvalue weighted by Crippen LogP contribution is -1.89. The van der Waals surface area contributed by atoms with E-state index < -0.39 is 0 Å². The molecule has 1 heteroatoms. The van der Waals surface area contributed by atoms with E-state index in [1.54, 1.807) is 0 Å². The quantitative estimate of drug-likeness (QED) is 0.167. The summed E-state index contributed by atoms with van der Waals surface area (Å²) in [5, 5.41) is 22.7. The van der Waals surface area contributed by atoms with Crippen molar-refractivity contribution in [3.63, 3.8) is 0 Å².